The number of amides is 1. The highest BCUT2D eigenvalue weighted by atomic mass is 19.2. The van der Waals surface area contributed by atoms with E-state index in [9.17, 15) is 36.7 Å². The van der Waals surface area contributed by atoms with Gasteiger partial charge in [0.05, 0.1) is 24.2 Å². The number of carbonyl (C=O) groups excluding carboxylic acids is 3. The Morgan fingerprint density at radius 3 is 2.16 bits per heavy atom. The fraction of sp³-hybridized carbons (Fsp3) is 0.194. The molecule has 49 heavy (non-hydrogen) atoms. The number of pyridine rings is 1. The molecule has 0 bridgehead atoms. The van der Waals surface area contributed by atoms with E-state index in [1.54, 1.807) is 16.9 Å². The summed E-state index contributed by atoms with van der Waals surface area (Å²) < 4.78 is 60.1. The summed E-state index contributed by atoms with van der Waals surface area (Å²) in [5.74, 6) is -7.33. The maximum atomic E-state index is 14.5. The number of nitrogens with zero attached hydrogens (tertiary/aromatic N) is 5. The van der Waals surface area contributed by atoms with Crippen LogP contribution in [0.1, 0.15) is 33.5 Å². The lowest BCUT2D eigenvalue weighted by Crippen LogP contribution is -2.51. The molecule has 1 amide bonds. The summed E-state index contributed by atoms with van der Waals surface area (Å²) in [4.78, 5) is 56.3. The van der Waals surface area contributed by atoms with Crippen molar-refractivity contribution in [2.45, 2.75) is 19.4 Å². The van der Waals surface area contributed by atoms with Gasteiger partial charge in [0.25, 0.3) is 11.5 Å². The maximum Gasteiger partial charge on any atom is 0.290 e. The predicted molar refractivity (Wildman–Crippen MR) is 172 cm³/mol. The van der Waals surface area contributed by atoms with Gasteiger partial charge in [0.1, 0.15) is 11.6 Å². The molecule has 9 nitrogen and oxygen atoms in total. The van der Waals surface area contributed by atoms with E-state index in [4.69, 9.17) is 0 Å². The molecule has 0 atom stereocenters. The number of halogens is 4. The van der Waals surface area contributed by atoms with Crippen molar-refractivity contribution in [1.29, 1.82) is 0 Å². The Hall–Kier alpha value is -5.85. The molecule has 0 N–H and O–H groups in total. The van der Waals surface area contributed by atoms with Crippen molar-refractivity contribution < 1.29 is 31.9 Å². The van der Waals surface area contributed by atoms with Gasteiger partial charge >= 0.3 is 0 Å². The molecule has 1 aliphatic heterocycles. The topological polar surface area (TPSA) is 97.5 Å². The van der Waals surface area contributed by atoms with Crippen LogP contribution in [0.4, 0.5) is 23.2 Å². The second kappa shape index (κ2) is 14.1. The normalized spacial score (nSPS) is 13.1. The maximum absolute atomic E-state index is 14.5. The number of anilines is 1. The molecule has 5 aromatic rings. The van der Waals surface area contributed by atoms with Crippen molar-refractivity contribution in [3.63, 3.8) is 0 Å². The van der Waals surface area contributed by atoms with Gasteiger partial charge in [-0.05, 0) is 60.2 Å². The van der Waals surface area contributed by atoms with Crippen LogP contribution in [0, 0.1) is 23.3 Å². The average molecular weight is 672 g/mol. The van der Waals surface area contributed by atoms with Gasteiger partial charge in [0.2, 0.25) is 5.78 Å². The van der Waals surface area contributed by atoms with E-state index in [0.717, 1.165) is 28.1 Å². The van der Waals surface area contributed by atoms with Crippen LogP contribution >= 0.6 is 0 Å². The molecule has 0 unspecified atom stereocenters. The van der Waals surface area contributed by atoms with E-state index in [-0.39, 0.29) is 30.8 Å². The summed E-state index contributed by atoms with van der Waals surface area (Å²) in [6.45, 7) is 0.954. The first-order valence-electron chi connectivity index (χ1n) is 15.4. The number of Topliss-reactive ketones (excluding diaryl/α,β-unsaturated/α-hetero) is 2. The molecule has 250 valence electrons. The van der Waals surface area contributed by atoms with Crippen molar-refractivity contribution in [3.05, 3.63) is 147 Å². The Kier molecular flexibility index (Phi) is 9.51. The number of rotatable bonds is 10. The summed E-state index contributed by atoms with van der Waals surface area (Å²) in [5.41, 5.74) is -0.156. The highest BCUT2D eigenvalue weighted by Gasteiger charge is 2.29. The average Bonchev–Trinajstić information content (AvgIpc) is 3.66. The lowest BCUT2D eigenvalue weighted by Gasteiger charge is -2.35. The van der Waals surface area contributed by atoms with E-state index >= 15 is 0 Å². The van der Waals surface area contributed by atoms with Gasteiger partial charge in [-0.15, -0.1) is 0 Å². The Balaban J connectivity index is 1.17. The minimum absolute atomic E-state index is 0.0234. The summed E-state index contributed by atoms with van der Waals surface area (Å²) in [6, 6.07) is 17.5. The van der Waals surface area contributed by atoms with Gasteiger partial charge in [0.15, 0.2) is 17.4 Å². The Labute approximate surface area is 277 Å². The van der Waals surface area contributed by atoms with E-state index in [0.29, 0.717) is 19.2 Å². The highest BCUT2D eigenvalue weighted by molar-refractivity contribution is 6.40. The predicted octanol–water partition coefficient (Wildman–Crippen LogP) is 4.72. The first kappa shape index (κ1) is 33.1. The summed E-state index contributed by atoms with van der Waals surface area (Å²) >= 11 is 0. The Bertz CT molecular complexity index is 2090. The van der Waals surface area contributed by atoms with Crippen LogP contribution in [-0.2, 0) is 22.6 Å². The number of hydrogen-bond donors (Lipinski definition) is 0. The lowest BCUT2D eigenvalue weighted by molar-refractivity contribution is -0.144. The quantitative estimate of drug-likeness (QED) is 0.0702. The third kappa shape index (κ3) is 7.20. The van der Waals surface area contributed by atoms with Crippen LogP contribution in [0.3, 0.4) is 0 Å². The van der Waals surface area contributed by atoms with Gasteiger partial charge in [-0.1, -0.05) is 18.2 Å². The molecule has 0 spiro atoms. The zero-order chi connectivity index (χ0) is 34.7. The summed E-state index contributed by atoms with van der Waals surface area (Å²) in [5, 5.41) is 4.20. The smallest absolute Gasteiger partial charge is 0.290 e. The van der Waals surface area contributed by atoms with E-state index in [1.165, 1.54) is 29.3 Å². The largest absolute Gasteiger partial charge is 0.368 e. The molecule has 0 saturated carbocycles. The standard InChI is InChI=1S/C36H29F4N5O4/c37-29-5-2-1-4-24(29)22-44-21-23(18-27-30(38)10-11-31(39)34(27)40)19-28(35(44)48)32(46)20-33(47)36(49)43-16-14-42(15-17-43)25-6-8-26(9-7-25)45-13-3-12-41-45/h1-13,19,21H,14-18,20,22H2. The van der Waals surface area contributed by atoms with Crippen molar-refractivity contribution in [2.24, 2.45) is 0 Å². The second-order valence-corrected chi connectivity index (χ2v) is 11.6. The molecular weight excluding hydrogens is 642 g/mol. The van der Waals surface area contributed by atoms with Crippen LogP contribution in [-0.4, -0.2) is 62.9 Å². The van der Waals surface area contributed by atoms with Crippen molar-refractivity contribution in [2.75, 3.05) is 31.1 Å². The molecule has 1 saturated heterocycles. The van der Waals surface area contributed by atoms with E-state index in [1.807, 2.05) is 36.5 Å². The summed E-state index contributed by atoms with van der Waals surface area (Å²) in [6.07, 6.45) is 3.20. The number of carbonyl (C=O) groups is 3. The molecule has 3 heterocycles. The highest BCUT2D eigenvalue weighted by Crippen LogP contribution is 2.22. The van der Waals surface area contributed by atoms with Gasteiger partial charge in [-0.25, -0.2) is 22.2 Å². The molecule has 1 fully saturated rings. The van der Waals surface area contributed by atoms with E-state index in [2.05, 4.69) is 10.00 Å². The van der Waals surface area contributed by atoms with Crippen molar-refractivity contribution in [3.8, 4) is 5.69 Å². The number of ketones is 2. The molecule has 0 aliphatic carbocycles. The number of hydrogen-bond acceptors (Lipinski definition) is 6. The molecule has 3 aromatic carbocycles. The zero-order valence-electron chi connectivity index (χ0n) is 26.0. The zero-order valence-corrected chi connectivity index (χ0v) is 26.0. The molecule has 2 aromatic heterocycles. The molecule has 1 aliphatic rings. The Morgan fingerprint density at radius 2 is 1.47 bits per heavy atom. The van der Waals surface area contributed by atoms with Gasteiger partial charge in [0, 0.05) is 68.0 Å². The van der Waals surface area contributed by atoms with Gasteiger partial charge in [-0.3, -0.25) is 19.2 Å². The van der Waals surface area contributed by atoms with Crippen LogP contribution in [0.5, 0.6) is 0 Å². The first-order chi connectivity index (χ1) is 23.6. The van der Waals surface area contributed by atoms with Crippen LogP contribution in [0.2, 0.25) is 0 Å². The lowest BCUT2D eigenvalue weighted by atomic mass is 10.00. The van der Waals surface area contributed by atoms with Gasteiger partial charge in [-0.2, -0.15) is 5.10 Å². The molecule has 13 heteroatoms. The number of piperazine rings is 1. The minimum atomic E-state index is -1.44. The third-order valence-electron chi connectivity index (χ3n) is 8.37. The van der Waals surface area contributed by atoms with Gasteiger partial charge < -0.3 is 14.4 Å². The monoisotopic (exact) mass is 671 g/mol. The molecule has 0 radical (unpaired) electrons. The Morgan fingerprint density at radius 1 is 0.776 bits per heavy atom. The second-order valence-electron chi connectivity index (χ2n) is 11.6. The number of aromatic nitrogens is 3. The van der Waals surface area contributed by atoms with Crippen molar-refractivity contribution >= 4 is 23.2 Å². The van der Waals surface area contributed by atoms with Crippen molar-refractivity contribution in [1.82, 2.24) is 19.2 Å². The minimum Gasteiger partial charge on any atom is -0.368 e. The third-order valence-corrected chi connectivity index (χ3v) is 8.37. The fourth-order valence-electron chi connectivity index (χ4n) is 5.76. The molecular formula is C36H29F4N5O4. The summed E-state index contributed by atoms with van der Waals surface area (Å²) in [7, 11) is 0. The number of benzene rings is 3. The fourth-order valence-corrected chi connectivity index (χ4v) is 5.76. The molecule has 6 rings (SSSR count). The van der Waals surface area contributed by atoms with Crippen LogP contribution < -0.4 is 10.5 Å². The van der Waals surface area contributed by atoms with Crippen LogP contribution in [0.25, 0.3) is 5.69 Å². The first-order valence-corrected chi connectivity index (χ1v) is 15.4. The van der Waals surface area contributed by atoms with Crippen LogP contribution in [0.15, 0.2) is 96.2 Å². The van der Waals surface area contributed by atoms with E-state index < -0.39 is 70.3 Å². The SMILES string of the molecule is O=C(CC(=O)c1cc(Cc2c(F)ccc(F)c2F)cn(Cc2ccccc2F)c1=O)C(=O)N1CCN(c2ccc(-n3cccn3)cc2)CC1.